The zero-order valence-electron chi connectivity index (χ0n) is 6.82. The van der Waals surface area contributed by atoms with Crippen molar-refractivity contribution in [1.29, 1.82) is 0 Å². The van der Waals surface area contributed by atoms with Crippen molar-refractivity contribution in [2.45, 2.75) is 11.8 Å². The number of nitrogens with zero attached hydrogens (tertiary/aromatic N) is 1. The third kappa shape index (κ3) is 1.20. The van der Waals surface area contributed by atoms with Gasteiger partial charge in [-0.25, -0.2) is 0 Å². The smallest absolute Gasteiger partial charge is 0.242 e. The van der Waals surface area contributed by atoms with Crippen LogP contribution in [0.1, 0.15) is 11.1 Å². The second-order valence-corrected chi connectivity index (χ2v) is 3.79. The number of hydroxylamine groups is 1. The van der Waals surface area contributed by atoms with Crippen molar-refractivity contribution in [3.05, 3.63) is 29.3 Å². The molecule has 1 N–H and O–H groups in total. The van der Waals surface area contributed by atoms with E-state index in [0.29, 0.717) is 5.88 Å². The number of aryl methyl sites for hydroxylation is 1. The number of fused-ring (bicyclic) bond motifs is 1. The van der Waals surface area contributed by atoms with E-state index < -0.39 is 0 Å². The van der Waals surface area contributed by atoms with Gasteiger partial charge in [0.05, 0.1) is 5.56 Å². The minimum absolute atomic E-state index is 0.623. The van der Waals surface area contributed by atoms with Gasteiger partial charge in [0.15, 0.2) is 0 Å². The molecule has 1 aromatic rings. The van der Waals surface area contributed by atoms with E-state index in [-0.39, 0.29) is 0 Å². The molecule has 3 heteroatoms. The first-order chi connectivity index (χ1) is 5.77. The van der Waals surface area contributed by atoms with Gasteiger partial charge in [0, 0.05) is 4.90 Å². The maximum atomic E-state index is 9.20. The van der Waals surface area contributed by atoms with Crippen molar-refractivity contribution in [2.24, 2.45) is 0 Å². The van der Waals surface area contributed by atoms with Gasteiger partial charge in [-0.05, 0) is 23.3 Å². The van der Waals surface area contributed by atoms with Crippen LogP contribution in [0, 0.1) is 6.92 Å². The van der Waals surface area contributed by atoms with Crippen molar-refractivity contribution in [3.63, 3.8) is 0 Å². The largest absolute Gasteiger partial charge is 0.290 e. The Labute approximate surface area is 75.5 Å². The van der Waals surface area contributed by atoms with Gasteiger partial charge in [-0.2, -0.15) is 0 Å². The number of rotatable bonds is 0. The Morgan fingerprint density at radius 3 is 3.17 bits per heavy atom. The van der Waals surface area contributed by atoms with Crippen molar-refractivity contribution in [3.8, 4) is 0 Å². The Morgan fingerprint density at radius 1 is 1.50 bits per heavy atom. The number of benzene rings is 1. The fraction of sp³-hybridized carbons (Fsp3) is 0.222. The molecule has 62 valence electrons. The van der Waals surface area contributed by atoms with Crippen molar-refractivity contribution in [1.82, 2.24) is 0 Å². The summed E-state index contributed by atoms with van der Waals surface area (Å²) in [5, 5.41) is 9.20. The van der Waals surface area contributed by atoms with E-state index in [1.54, 1.807) is 18.0 Å². The second-order valence-electron chi connectivity index (χ2n) is 2.84. The third-order valence-corrected chi connectivity index (χ3v) is 3.11. The zero-order valence-corrected chi connectivity index (χ0v) is 7.64. The molecule has 0 radical (unpaired) electrons. The first kappa shape index (κ1) is 7.68. The van der Waals surface area contributed by atoms with Crippen LogP contribution in [-0.2, 0) is 0 Å². The van der Waals surface area contributed by atoms with Crippen LogP contribution in [0.4, 0.5) is 0 Å². The van der Waals surface area contributed by atoms with Crippen LogP contribution in [0.15, 0.2) is 23.1 Å². The molecule has 0 atom stereocenters. The average molecular weight is 180 g/mol. The van der Waals surface area contributed by atoms with Gasteiger partial charge in [-0.15, -0.1) is 0 Å². The fourth-order valence-electron chi connectivity index (χ4n) is 1.30. The van der Waals surface area contributed by atoms with E-state index in [2.05, 4.69) is 13.0 Å². The van der Waals surface area contributed by atoms with E-state index >= 15 is 0 Å². The highest BCUT2D eigenvalue weighted by atomic mass is 32.2. The Morgan fingerprint density at radius 2 is 2.33 bits per heavy atom. The van der Waals surface area contributed by atoms with Gasteiger partial charge in [0.25, 0.3) is 0 Å². The summed E-state index contributed by atoms with van der Waals surface area (Å²) in [7, 11) is 0. The Kier molecular flexibility index (Phi) is 1.81. The number of hydrogen-bond donors (Lipinski definition) is 1. The molecular formula is C9H10NOS+. The van der Waals surface area contributed by atoms with Crippen molar-refractivity contribution < 1.29 is 9.95 Å². The lowest BCUT2D eigenvalue weighted by Crippen LogP contribution is -2.13. The fourth-order valence-corrected chi connectivity index (χ4v) is 2.22. The van der Waals surface area contributed by atoms with Gasteiger partial charge in [0.1, 0.15) is 0 Å². The highest BCUT2D eigenvalue weighted by molar-refractivity contribution is 7.99. The summed E-state index contributed by atoms with van der Waals surface area (Å²) >= 11 is 1.67. The standard InChI is InChI=1S/C9H10NOS/c1-7-3-2-4-8-5-10(11)6-12-9(7)8/h2-5,11H,6H2,1H3/q+1. The van der Waals surface area contributed by atoms with Gasteiger partial charge >= 0.3 is 0 Å². The normalized spacial score (nSPS) is 15.2. The molecule has 0 saturated heterocycles. The summed E-state index contributed by atoms with van der Waals surface area (Å²) in [4.78, 5) is 1.28. The van der Waals surface area contributed by atoms with Crippen LogP contribution < -0.4 is 0 Å². The minimum atomic E-state index is 0.623. The molecular weight excluding hydrogens is 170 g/mol. The molecule has 1 aliphatic heterocycles. The van der Waals surface area contributed by atoms with Crippen LogP contribution in [-0.4, -0.2) is 22.0 Å². The second kappa shape index (κ2) is 2.83. The summed E-state index contributed by atoms with van der Waals surface area (Å²) < 4.78 is 1.21. The molecule has 0 fully saturated rings. The van der Waals surface area contributed by atoms with Crippen LogP contribution in [0.5, 0.6) is 0 Å². The average Bonchev–Trinajstić information content (AvgIpc) is 2.04. The van der Waals surface area contributed by atoms with Gasteiger partial charge in [0.2, 0.25) is 12.1 Å². The van der Waals surface area contributed by atoms with Crippen molar-refractivity contribution in [2.75, 3.05) is 5.88 Å². The predicted octanol–water partition coefficient (Wildman–Crippen LogP) is 1.88. The first-order valence-electron chi connectivity index (χ1n) is 3.80. The van der Waals surface area contributed by atoms with Gasteiger partial charge in [-0.3, -0.25) is 5.21 Å². The monoisotopic (exact) mass is 180 g/mol. The maximum absolute atomic E-state index is 9.20. The topological polar surface area (TPSA) is 23.2 Å². The predicted molar refractivity (Wildman–Crippen MR) is 49.1 cm³/mol. The summed E-state index contributed by atoms with van der Waals surface area (Å²) in [5.74, 6) is 0.623. The third-order valence-electron chi connectivity index (χ3n) is 1.87. The highest BCUT2D eigenvalue weighted by Crippen LogP contribution is 2.27. The molecule has 1 heterocycles. The summed E-state index contributed by atoms with van der Waals surface area (Å²) in [6.45, 7) is 2.09. The highest BCUT2D eigenvalue weighted by Gasteiger charge is 2.16. The number of hydrogen-bond acceptors (Lipinski definition) is 2. The molecule has 2 rings (SSSR count). The molecule has 0 saturated carbocycles. The lowest BCUT2D eigenvalue weighted by Gasteiger charge is -2.08. The summed E-state index contributed by atoms with van der Waals surface area (Å²) in [5.41, 5.74) is 2.38. The van der Waals surface area contributed by atoms with E-state index in [1.807, 2.05) is 12.1 Å². The van der Waals surface area contributed by atoms with Crippen LogP contribution in [0.3, 0.4) is 0 Å². The molecule has 0 aliphatic carbocycles. The van der Waals surface area contributed by atoms with Crippen LogP contribution in [0.25, 0.3) is 0 Å². The SMILES string of the molecule is Cc1cccc2c1SC[N+](O)=C2. The summed E-state index contributed by atoms with van der Waals surface area (Å²) in [6.07, 6.45) is 1.76. The van der Waals surface area contributed by atoms with E-state index in [9.17, 15) is 5.21 Å². The van der Waals surface area contributed by atoms with E-state index in [4.69, 9.17) is 0 Å². The lowest BCUT2D eigenvalue weighted by atomic mass is 10.1. The number of thioether (sulfide) groups is 1. The van der Waals surface area contributed by atoms with E-state index in [0.717, 1.165) is 5.56 Å². The first-order valence-corrected chi connectivity index (χ1v) is 4.79. The molecule has 1 aromatic carbocycles. The summed E-state index contributed by atoms with van der Waals surface area (Å²) in [6, 6.07) is 6.11. The van der Waals surface area contributed by atoms with Gasteiger partial charge < -0.3 is 0 Å². The molecule has 1 aliphatic rings. The van der Waals surface area contributed by atoms with Crippen LogP contribution in [0.2, 0.25) is 0 Å². The Bertz CT molecular complexity index is 346. The maximum Gasteiger partial charge on any atom is 0.242 e. The Balaban J connectivity index is 2.57. The minimum Gasteiger partial charge on any atom is -0.290 e. The van der Waals surface area contributed by atoms with Crippen LogP contribution >= 0.6 is 11.8 Å². The quantitative estimate of drug-likeness (QED) is 0.486. The molecule has 0 spiro atoms. The molecule has 0 amide bonds. The zero-order chi connectivity index (χ0) is 8.55. The molecule has 2 nitrogen and oxygen atoms in total. The van der Waals surface area contributed by atoms with E-state index in [1.165, 1.54) is 15.2 Å². The lowest BCUT2D eigenvalue weighted by molar-refractivity contribution is -0.758. The molecule has 0 aromatic heterocycles. The van der Waals surface area contributed by atoms with Crippen molar-refractivity contribution >= 4 is 18.0 Å². The molecule has 0 unspecified atom stereocenters. The molecule has 12 heavy (non-hydrogen) atoms. The molecule has 0 bridgehead atoms. The van der Waals surface area contributed by atoms with Gasteiger partial charge in [-0.1, -0.05) is 23.9 Å². The Hall–Kier alpha value is -0.960.